The Bertz CT molecular complexity index is 252. The van der Waals surface area contributed by atoms with Gasteiger partial charge in [-0.05, 0) is 37.5 Å². The smallest absolute Gasteiger partial charge is 0.314 e. The number of carbonyl (C=O) groups excluding carboxylic acids is 1. The van der Waals surface area contributed by atoms with Crippen LogP contribution in [0.2, 0.25) is 0 Å². The highest BCUT2D eigenvalue weighted by Gasteiger charge is 2.22. The molecule has 2 rings (SSSR count). The van der Waals surface area contributed by atoms with Crippen molar-refractivity contribution in [1.29, 1.82) is 0 Å². The molecule has 0 aliphatic heterocycles. The Morgan fingerprint density at radius 3 is 2.59 bits per heavy atom. The molecule has 98 valence electrons. The topological polar surface area (TPSA) is 70.6 Å². The molecule has 0 spiro atoms. The van der Waals surface area contributed by atoms with Crippen molar-refractivity contribution in [3.8, 4) is 0 Å². The van der Waals surface area contributed by atoms with Gasteiger partial charge in [-0.1, -0.05) is 0 Å². The van der Waals surface area contributed by atoms with Crippen LogP contribution in [0.15, 0.2) is 0 Å². The number of rotatable bonds is 8. The van der Waals surface area contributed by atoms with E-state index in [4.69, 9.17) is 4.74 Å². The van der Waals surface area contributed by atoms with Gasteiger partial charge in [0.15, 0.2) is 0 Å². The Morgan fingerprint density at radius 2 is 1.94 bits per heavy atom. The molecule has 0 radical (unpaired) electrons. The minimum Gasteiger partial charge on any atom is -0.389 e. The molecule has 3 N–H and O–H groups in total. The van der Waals surface area contributed by atoms with Gasteiger partial charge < -0.3 is 20.5 Å². The summed E-state index contributed by atoms with van der Waals surface area (Å²) in [6.45, 7) is 2.05. The SMILES string of the molecule is O=C(NCC(O)COCC1CC1)NCC1CC1. The summed E-state index contributed by atoms with van der Waals surface area (Å²) >= 11 is 0. The highest BCUT2D eigenvalue weighted by Crippen LogP contribution is 2.28. The first-order valence-corrected chi connectivity index (χ1v) is 6.51. The molecule has 2 aliphatic carbocycles. The number of ether oxygens (including phenoxy) is 1. The van der Waals surface area contributed by atoms with Crippen molar-refractivity contribution >= 4 is 6.03 Å². The highest BCUT2D eigenvalue weighted by atomic mass is 16.5. The molecule has 2 fully saturated rings. The fourth-order valence-electron chi connectivity index (χ4n) is 1.55. The quantitative estimate of drug-likeness (QED) is 0.580. The van der Waals surface area contributed by atoms with Crippen LogP contribution < -0.4 is 10.6 Å². The predicted octanol–water partition coefficient (Wildman–Crippen LogP) is 0.483. The Balaban J connectivity index is 1.42. The third kappa shape index (κ3) is 5.89. The number of amides is 2. The summed E-state index contributed by atoms with van der Waals surface area (Å²) in [4.78, 5) is 11.3. The molecule has 0 saturated heterocycles. The van der Waals surface area contributed by atoms with Crippen LogP contribution in [0.1, 0.15) is 25.7 Å². The van der Waals surface area contributed by atoms with Crippen molar-refractivity contribution in [3.63, 3.8) is 0 Å². The molecule has 2 aliphatic rings. The van der Waals surface area contributed by atoms with Gasteiger partial charge in [-0.3, -0.25) is 0 Å². The van der Waals surface area contributed by atoms with Crippen LogP contribution in [0, 0.1) is 11.8 Å². The maximum absolute atomic E-state index is 11.3. The maximum Gasteiger partial charge on any atom is 0.314 e. The van der Waals surface area contributed by atoms with Crippen molar-refractivity contribution in [1.82, 2.24) is 10.6 Å². The molecule has 0 aromatic heterocycles. The van der Waals surface area contributed by atoms with Gasteiger partial charge in [-0.25, -0.2) is 4.79 Å². The molecule has 5 nitrogen and oxygen atoms in total. The lowest BCUT2D eigenvalue weighted by Gasteiger charge is -2.12. The Morgan fingerprint density at radius 1 is 1.24 bits per heavy atom. The monoisotopic (exact) mass is 242 g/mol. The van der Waals surface area contributed by atoms with Crippen LogP contribution in [-0.4, -0.2) is 43.5 Å². The van der Waals surface area contributed by atoms with E-state index in [2.05, 4.69) is 10.6 Å². The van der Waals surface area contributed by atoms with Gasteiger partial charge in [0.1, 0.15) is 0 Å². The van der Waals surface area contributed by atoms with Crippen LogP contribution >= 0.6 is 0 Å². The molecule has 5 heteroatoms. The molecule has 2 amide bonds. The van der Waals surface area contributed by atoms with E-state index in [-0.39, 0.29) is 12.6 Å². The van der Waals surface area contributed by atoms with Gasteiger partial charge in [0.05, 0.1) is 12.7 Å². The van der Waals surface area contributed by atoms with Gasteiger partial charge in [0.2, 0.25) is 0 Å². The first-order chi connectivity index (χ1) is 8.24. The van der Waals surface area contributed by atoms with E-state index >= 15 is 0 Å². The molecule has 1 atom stereocenters. The highest BCUT2D eigenvalue weighted by molar-refractivity contribution is 5.73. The van der Waals surface area contributed by atoms with E-state index in [0.717, 1.165) is 13.2 Å². The fourth-order valence-corrected chi connectivity index (χ4v) is 1.55. The van der Waals surface area contributed by atoms with Gasteiger partial charge in [0, 0.05) is 19.7 Å². The second-order valence-electron chi connectivity index (χ2n) is 5.17. The zero-order valence-corrected chi connectivity index (χ0v) is 10.2. The normalized spacial score (nSPS) is 21.0. The number of aliphatic hydroxyl groups is 1. The maximum atomic E-state index is 11.3. The van der Waals surface area contributed by atoms with E-state index < -0.39 is 6.10 Å². The van der Waals surface area contributed by atoms with Crippen LogP contribution in [0.3, 0.4) is 0 Å². The third-order valence-electron chi connectivity index (χ3n) is 3.11. The summed E-state index contributed by atoms with van der Waals surface area (Å²) in [5.74, 6) is 1.38. The lowest BCUT2D eigenvalue weighted by molar-refractivity contribution is 0.0337. The van der Waals surface area contributed by atoms with Gasteiger partial charge >= 0.3 is 6.03 Å². The zero-order valence-electron chi connectivity index (χ0n) is 10.2. The zero-order chi connectivity index (χ0) is 12.1. The van der Waals surface area contributed by atoms with E-state index in [1.54, 1.807) is 0 Å². The number of carbonyl (C=O) groups is 1. The standard InChI is InChI=1S/C12H22N2O3/c15-11(8-17-7-10-3-4-10)6-14-12(16)13-5-9-1-2-9/h9-11,15H,1-8H2,(H2,13,14,16). The second kappa shape index (κ2) is 6.21. The molecule has 0 aromatic rings. The van der Waals surface area contributed by atoms with Crippen LogP contribution in [0.25, 0.3) is 0 Å². The van der Waals surface area contributed by atoms with Crippen molar-refractivity contribution in [2.75, 3.05) is 26.3 Å². The number of aliphatic hydroxyl groups excluding tert-OH is 1. The number of nitrogens with one attached hydrogen (secondary N) is 2. The first kappa shape index (κ1) is 12.6. The molecular formula is C12H22N2O3. The lowest BCUT2D eigenvalue weighted by Crippen LogP contribution is -2.41. The van der Waals surface area contributed by atoms with E-state index in [1.165, 1.54) is 25.7 Å². The molecule has 0 heterocycles. The molecule has 0 bridgehead atoms. The van der Waals surface area contributed by atoms with Gasteiger partial charge in [0.25, 0.3) is 0 Å². The van der Waals surface area contributed by atoms with Gasteiger partial charge in [-0.2, -0.15) is 0 Å². The second-order valence-corrected chi connectivity index (χ2v) is 5.17. The lowest BCUT2D eigenvalue weighted by atomic mass is 10.3. The largest absolute Gasteiger partial charge is 0.389 e. The van der Waals surface area contributed by atoms with Crippen molar-refractivity contribution < 1.29 is 14.6 Å². The average Bonchev–Trinajstić information content (AvgIpc) is 3.15. The Hall–Kier alpha value is -0.810. The summed E-state index contributed by atoms with van der Waals surface area (Å²) in [6, 6.07) is -0.196. The minimum absolute atomic E-state index is 0.196. The molecule has 0 aromatic carbocycles. The van der Waals surface area contributed by atoms with Crippen molar-refractivity contribution in [2.24, 2.45) is 11.8 Å². The van der Waals surface area contributed by atoms with Crippen LogP contribution in [-0.2, 0) is 4.74 Å². The van der Waals surface area contributed by atoms with E-state index in [9.17, 15) is 9.90 Å². The van der Waals surface area contributed by atoms with E-state index in [0.29, 0.717) is 18.4 Å². The van der Waals surface area contributed by atoms with E-state index in [1.807, 2.05) is 0 Å². The summed E-state index contributed by atoms with van der Waals surface area (Å²) in [5.41, 5.74) is 0. The summed E-state index contributed by atoms with van der Waals surface area (Å²) in [7, 11) is 0. The summed E-state index contributed by atoms with van der Waals surface area (Å²) in [5, 5.41) is 15.0. The molecule has 17 heavy (non-hydrogen) atoms. The van der Waals surface area contributed by atoms with Crippen molar-refractivity contribution in [2.45, 2.75) is 31.8 Å². The van der Waals surface area contributed by atoms with Crippen LogP contribution in [0.5, 0.6) is 0 Å². The molecule has 2 saturated carbocycles. The average molecular weight is 242 g/mol. The Labute approximate surface area is 102 Å². The van der Waals surface area contributed by atoms with Gasteiger partial charge in [-0.15, -0.1) is 0 Å². The minimum atomic E-state index is -0.611. The first-order valence-electron chi connectivity index (χ1n) is 6.51. The predicted molar refractivity (Wildman–Crippen MR) is 63.7 cm³/mol. The number of urea groups is 1. The molecule has 1 unspecified atom stereocenters. The summed E-state index contributed by atoms with van der Waals surface area (Å²) < 4.78 is 5.34. The van der Waals surface area contributed by atoms with Crippen molar-refractivity contribution in [3.05, 3.63) is 0 Å². The third-order valence-corrected chi connectivity index (χ3v) is 3.11. The summed E-state index contributed by atoms with van der Waals surface area (Å²) in [6.07, 6.45) is 4.33. The number of hydrogen-bond acceptors (Lipinski definition) is 3. The Kier molecular flexibility index (Phi) is 4.62. The van der Waals surface area contributed by atoms with Crippen LogP contribution in [0.4, 0.5) is 4.79 Å². The molecular weight excluding hydrogens is 220 g/mol. The number of hydrogen-bond donors (Lipinski definition) is 3. The fraction of sp³-hybridized carbons (Fsp3) is 0.917.